The molecule has 1 aliphatic heterocycles. The third-order valence-corrected chi connectivity index (χ3v) is 3.29. The monoisotopic (exact) mass is 197 g/mol. The van der Waals surface area contributed by atoms with Gasteiger partial charge >= 0.3 is 0 Å². The van der Waals surface area contributed by atoms with E-state index in [2.05, 4.69) is 5.32 Å². The summed E-state index contributed by atoms with van der Waals surface area (Å²) in [4.78, 5) is 0. The van der Waals surface area contributed by atoms with Crippen LogP contribution >= 0.6 is 11.8 Å². The van der Waals surface area contributed by atoms with Gasteiger partial charge in [-0.15, -0.1) is 0 Å². The van der Waals surface area contributed by atoms with Crippen molar-refractivity contribution in [1.82, 2.24) is 0 Å². The normalized spacial score (nSPS) is 21.8. The molecule has 3 heteroatoms. The van der Waals surface area contributed by atoms with E-state index in [0.717, 1.165) is 11.4 Å². The number of hydrogen-bond donors (Lipinski definition) is 1. The zero-order valence-corrected chi connectivity index (χ0v) is 8.11. The number of anilines is 1. The van der Waals surface area contributed by atoms with Gasteiger partial charge in [-0.1, -0.05) is 6.07 Å². The van der Waals surface area contributed by atoms with Gasteiger partial charge in [-0.05, 0) is 30.4 Å². The summed E-state index contributed by atoms with van der Waals surface area (Å²) in [5.74, 6) is 2.18. The first-order valence-corrected chi connectivity index (χ1v) is 5.60. The molecule has 0 aromatic heterocycles. The standard InChI is InChI=1S/C10H12FNS/c11-8-2-1-3-9(6-8)12-10-4-5-13-7-10/h1-3,6,10,12H,4-5,7H2/t10-/m1/s1. The van der Waals surface area contributed by atoms with Crippen molar-refractivity contribution in [2.75, 3.05) is 16.8 Å². The van der Waals surface area contributed by atoms with E-state index in [0.29, 0.717) is 6.04 Å². The van der Waals surface area contributed by atoms with Gasteiger partial charge < -0.3 is 5.32 Å². The number of thioether (sulfide) groups is 1. The average Bonchev–Trinajstić information content (AvgIpc) is 2.57. The summed E-state index contributed by atoms with van der Waals surface area (Å²) in [5, 5.41) is 3.32. The zero-order valence-electron chi connectivity index (χ0n) is 7.29. The highest BCUT2D eigenvalue weighted by atomic mass is 32.2. The fourth-order valence-electron chi connectivity index (χ4n) is 1.46. The van der Waals surface area contributed by atoms with Gasteiger partial charge in [0.25, 0.3) is 0 Å². The molecule has 1 aromatic rings. The highest BCUT2D eigenvalue weighted by Gasteiger charge is 2.14. The Balaban J connectivity index is 2.00. The molecule has 1 N–H and O–H groups in total. The summed E-state index contributed by atoms with van der Waals surface area (Å²) in [7, 11) is 0. The molecule has 1 saturated heterocycles. The van der Waals surface area contributed by atoms with Gasteiger partial charge in [0.1, 0.15) is 5.82 Å². The quantitative estimate of drug-likeness (QED) is 0.782. The Hall–Kier alpha value is -0.700. The third-order valence-electron chi connectivity index (χ3n) is 2.13. The van der Waals surface area contributed by atoms with Gasteiger partial charge in [0.15, 0.2) is 0 Å². The third kappa shape index (κ3) is 2.37. The molecule has 0 amide bonds. The van der Waals surface area contributed by atoms with Gasteiger partial charge in [0.05, 0.1) is 0 Å². The second kappa shape index (κ2) is 4.01. The summed E-state index contributed by atoms with van der Waals surface area (Å²) < 4.78 is 12.8. The molecule has 0 aliphatic carbocycles. The molecule has 2 rings (SSSR count). The van der Waals surface area contributed by atoms with Gasteiger partial charge in [-0.3, -0.25) is 0 Å². The molecule has 1 heterocycles. The van der Waals surface area contributed by atoms with Gasteiger partial charge in [-0.2, -0.15) is 11.8 Å². The van der Waals surface area contributed by atoms with Gasteiger partial charge in [-0.25, -0.2) is 4.39 Å². The number of benzene rings is 1. The van der Waals surface area contributed by atoms with E-state index in [1.54, 1.807) is 12.1 Å². The van der Waals surface area contributed by atoms with E-state index in [1.807, 2.05) is 17.8 Å². The van der Waals surface area contributed by atoms with Gasteiger partial charge in [0, 0.05) is 17.5 Å². The smallest absolute Gasteiger partial charge is 0.125 e. The largest absolute Gasteiger partial charge is 0.381 e. The van der Waals surface area contributed by atoms with Gasteiger partial charge in [0.2, 0.25) is 0 Å². The lowest BCUT2D eigenvalue weighted by molar-refractivity contribution is 0.628. The summed E-state index contributed by atoms with van der Waals surface area (Å²) in [6, 6.07) is 7.18. The van der Waals surface area contributed by atoms with Crippen molar-refractivity contribution in [1.29, 1.82) is 0 Å². The van der Waals surface area contributed by atoms with Crippen LogP contribution in [-0.2, 0) is 0 Å². The van der Waals surface area contributed by atoms with Crippen LogP contribution in [0.25, 0.3) is 0 Å². The van der Waals surface area contributed by atoms with Crippen LogP contribution in [0.3, 0.4) is 0 Å². The molecule has 0 unspecified atom stereocenters. The molecule has 0 saturated carbocycles. The Kier molecular flexibility index (Phi) is 2.74. The second-order valence-corrected chi connectivity index (χ2v) is 4.37. The Morgan fingerprint density at radius 3 is 3.08 bits per heavy atom. The first kappa shape index (κ1) is 8.88. The van der Waals surface area contributed by atoms with E-state index < -0.39 is 0 Å². The van der Waals surface area contributed by atoms with Crippen LogP contribution in [0.2, 0.25) is 0 Å². The van der Waals surface area contributed by atoms with Crippen LogP contribution < -0.4 is 5.32 Å². The Morgan fingerprint density at radius 2 is 2.38 bits per heavy atom. The minimum atomic E-state index is -0.171. The van der Waals surface area contributed by atoms with E-state index in [1.165, 1.54) is 18.2 Å². The lowest BCUT2D eigenvalue weighted by Gasteiger charge is -2.12. The SMILES string of the molecule is Fc1cccc(N[C@@H]2CCSC2)c1. The summed E-state index contributed by atoms with van der Waals surface area (Å²) in [6.07, 6.45) is 1.18. The first-order chi connectivity index (χ1) is 6.34. The summed E-state index contributed by atoms with van der Waals surface area (Å²) in [6.45, 7) is 0. The van der Waals surface area contributed by atoms with Crippen molar-refractivity contribution in [3.63, 3.8) is 0 Å². The molecule has 13 heavy (non-hydrogen) atoms. The highest BCUT2D eigenvalue weighted by Crippen LogP contribution is 2.21. The Morgan fingerprint density at radius 1 is 1.46 bits per heavy atom. The molecule has 1 aromatic carbocycles. The Labute approximate surface area is 81.7 Å². The number of rotatable bonds is 2. The molecule has 1 fully saturated rings. The number of hydrogen-bond acceptors (Lipinski definition) is 2. The maximum atomic E-state index is 12.8. The fourth-order valence-corrected chi connectivity index (χ4v) is 2.61. The highest BCUT2D eigenvalue weighted by molar-refractivity contribution is 7.99. The van der Waals surface area contributed by atoms with Crippen LogP contribution in [0, 0.1) is 5.82 Å². The summed E-state index contributed by atoms with van der Waals surface area (Å²) >= 11 is 1.95. The lowest BCUT2D eigenvalue weighted by atomic mass is 10.2. The van der Waals surface area contributed by atoms with Crippen LogP contribution in [0.1, 0.15) is 6.42 Å². The molecule has 1 nitrogen and oxygen atoms in total. The molecule has 0 spiro atoms. The fraction of sp³-hybridized carbons (Fsp3) is 0.400. The molecule has 70 valence electrons. The second-order valence-electron chi connectivity index (χ2n) is 3.22. The molecular formula is C10H12FNS. The van der Waals surface area contributed by atoms with Crippen LogP contribution in [0.15, 0.2) is 24.3 Å². The van der Waals surface area contributed by atoms with Crippen molar-refractivity contribution in [2.45, 2.75) is 12.5 Å². The topological polar surface area (TPSA) is 12.0 Å². The van der Waals surface area contributed by atoms with Crippen molar-refractivity contribution in [3.8, 4) is 0 Å². The maximum Gasteiger partial charge on any atom is 0.125 e. The molecule has 0 radical (unpaired) electrons. The Bertz CT molecular complexity index is 284. The van der Waals surface area contributed by atoms with Crippen molar-refractivity contribution >= 4 is 17.4 Å². The number of halogens is 1. The predicted octanol–water partition coefficient (Wildman–Crippen LogP) is 2.74. The van der Waals surface area contributed by atoms with Crippen molar-refractivity contribution in [2.24, 2.45) is 0 Å². The van der Waals surface area contributed by atoms with Crippen LogP contribution in [0.4, 0.5) is 10.1 Å². The minimum absolute atomic E-state index is 0.171. The number of nitrogens with one attached hydrogen (secondary N) is 1. The van der Waals surface area contributed by atoms with Crippen molar-refractivity contribution in [3.05, 3.63) is 30.1 Å². The molecule has 0 bridgehead atoms. The zero-order chi connectivity index (χ0) is 9.10. The molecule has 1 aliphatic rings. The van der Waals surface area contributed by atoms with Crippen LogP contribution in [-0.4, -0.2) is 17.5 Å². The average molecular weight is 197 g/mol. The van der Waals surface area contributed by atoms with E-state index >= 15 is 0 Å². The summed E-state index contributed by atoms with van der Waals surface area (Å²) in [5.41, 5.74) is 0.896. The van der Waals surface area contributed by atoms with E-state index in [9.17, 15) is 4.39 Å². The predicted molar refractivity (Wildman–Crippen MR) is 55.8 cm³/mol. The molecule has 1 atom stereocenters. The minimum Gasteiger partial charge on any atom is -0.381 e. The first-order valence-electron chi connectivity index (χ1n) is 4.44. The van der Waals surface area contributed by atoms with Crippen LogP contribution in [0.5, 0.6) is 0 Å². The van der Waals surface area contributed by atoms with Crippen molar-refractivity contribution < 1.29 is 4.39 Å². The van der Waals surface area contributed by atoms with E-state index in [4.69, 9.17) is 0 Å². The lowest BCUT2D eigenvalue weighted by Crippen LogP contribution is -2.17. The maximum absolute atomic E-state index is 12.8. The van der Waals surface area contributed by atoms with E-state index in [-0.39, 0.29) is 5.82 Å². The molecular weight excluding hydrogens is 185 g/mol.